The number of ether oxygens (including phenoxy) is 2. The summed E-state index contributed by atoms with van der Waals surface area (Å²) < 4.78 is 40.2. The number of nitrogens with one attached hydrogen (secondary N) is 1. The highest BCUT2D eigenvalue weighted by molar-refractivity contribution is 7.52. The number of nitrogens with zero attached hydrogens (tertiary/aromatic N) is 3. The average Bonchev–Trinajstić information content (AvgIpc) is 3.39. The van der Waals surface area contributed by atoms with Gasteiger partial charge in [-0.3, -0.25) is 9.32 Å². The number of anilines is 1. The second kappa shape index (κ2) is 13.8. The molecule has 0 amide bonds. The molecular formula is C34H42N5O6P. The monoisotopic (exact) mass is 647 g/mol. The van der Waals surface area contributed by atoms with Crippen LogP contribution in [0, 0.1) is 0 Å². The minimum Gasteiger partial charge on any atom is -0.459 e. The van der Waals surface area contributed by atoms with Crippen molar-refractivity contribution in [2.24, 2.45) is 0 Å². The molecule has 0 aliphatic rings. The van der Waals surface area contributed by atoms with Crippen molar-refractivity contribution in [2.45, 2.75) is 72.3 Å². The van der Waals surface area contributed by atoms with Crippen LogP contribution in [-0.4, -0.2) is 45.4 Å². The van der Waals surface area contributed by atoms with Crippen molar-refractivity contribution < 1.29 is 27.9 Å². The van der Waals surface area contributed by atoms with Crippen LogP contribution in [-0.2, 0) is 30.0 Å². The number of carbonyl (C=O) groups excluding carboxylic acids is 1. The number of fused-ring (bicyclic) bond motifs is 4. The molecule has 0 fully saturated rings. The molecule has 0 saturated heterocycles. The minimum atomic E-state index is -4.17. The topological polar surface area (TPSA) is 140 Å². The van der Waals surface area contributed by atoms with E-state index >= 15 is 0 Å². The number of nitrogen functional groups attached to an aromatic ring is 1. The number of pyridine rings is 1. The maximum atomic E-state index is 14.5. The third-order valence-electron chi connectivity index (χ3n) is 7.39. The summed E-state index contributed by atoms with van der Waals surface area (Å²) in [5.41, 5.74) is 7.73. The molecule has 0 aliphatic carbocycles. The van der Waals surface area contributed by atoms with Gasteiger partial charge in [-0.2, -0.15) is 5.09 Å². The first-order valence-electron chi connectivity index (χ1n) is 15.5. The third kappa shape index (κ3) is 7.50. The molecule has 0 bridgehead atoms. The third-order valence-corrected chi connectivity index (χ3v) is 9.04. The van der Waals surface area contributed by atoms with E-state index in [9.17, 15) is 9.36 Å². The van der Waals surface area contributed by atoms with E-state index in [0.717, 1.165) is 27.2 Å². The Kier molecular flexibility index (Phi) is 9.98. The summed E-state index contributed by atoms with van der Waals surface area (Å²) >= 11 is 0. The Hall–Kier alpha value is -4.02. The number of nitrogens with two attached hydrogens (primary N) is 1. The molecule has 2 heterocycles. The predicted octanol–water partition coefficient (Wildman–Crippen LogP) is 7.33. The summed E-state index contributed by atoms with van der Waals surface area (Å²) in [7, 11) is -4.17. The molecule has 0 unspecified atom stereocenters. The van der Waals surface area contributed by atoms with Crippen molar-refractivity contribution in [3.8, 4) is 5.75 Å². The number of hydrogen-bond donors (Lipinski definition) is 2. The van der Waals surface area contributed by atoms with Crippen LogP contribution >= 0.6 is 7.75 Å². The van der Waals surface area contributed by atoms with Gasteiger partial charge in [0, 0.05) is 12.0 Å². The van der Waals surface area contributed by atoms with E-state index < -0.39 is 25.4 Å². The minimum absolute atomic E-state index is 0.0451. The molecule has 244 valence electrons. The van der Waals surface area contributed by atoms with E-state index in [0.29, 0.717) is 35.9 Å². The van der Waals surface area contributed by atoms with Gasteiger partial charge < -0.3 is 24.3 Å². The number of rotatable bonds is 13. The molecule has 0 spiro atoms. The van der Waals surface area contributed by atoms with Crippen LogP contribution in [0.5, 0.6) is 5.75 Å². The van der Waals surface area contributed by atoms with Gasteiger partial charge >= 0.3 is 13.7 Å². The highest BCUT2D eigenvalue weighted by Gasteiger charge is 2.35. The zero-order chi connectivity index (χ0) is 33.1. The molecule has 2 aromatic heterocycles. The fraction of sp³-hybridized carbons (Fsp3) is 0.382. The zero-order valence-corrected chi connectivity index (χ0v) is 28.0. The molecule has 0 radical (unpaired) electrons. The molecule has 12 heteroatoms. The van der Waals surface area contributed by atoms with Crippen LogP contribution in [0.2, 0.25) is 0 Å². The van der Waals surface area contributed by atoms with Crippen molar-refractivity contribution in [1.82, 2.24) is 19.6 Å². The molecule has 3 atom stereocenters. The van der Waals surface area contributed by atoms with Gasteiger partial charge in [-0.05, 0) is 70.0 Å². The first-order valence-corrected chi connectivity index (χ1v) is 17.0. The lowest BCUT2D eigenvalue weighted by atomic mass is 10.1. The number of para-hydroxylation sites is 1. The quantitative estimate of drug-likeness (QED) is 0.0986. The Morgan fingerprint density at radius 1 is 1.02 bits per heavy atom. The van der Waals surface area contributed by atoms with Crippen molar-refractivity contribution in [1.29, 1.82) is 0 Å². The summed E-state index contributed by atoms with van der Waals surface area (Å²) in [4.78, 5) is 22.3. The fourth-order valence-electron chi connectivity index (χ4n) is 5.25. The molecule has 46 heavy (non-hydrogen) atoms. The fourth-order valence-corrected chi connectivity index (χ4v) is 6.77. The van der Waals surface area contributed by atoms with Crippen LogP contribution in [0.4, 0.5) is 5.82 Å². The van der Waals surface area contributed by atoms with Gasteiger partial charge in [0.05, 0.1) is 23.7 Å². The summed E-state index contributed by atoms with van der Waals surface area (Å²) in [5.74, 6) is 0.685. The van der Waals surface area contributed by atoms with E-state index in [4.69, 9.17) is 29.2 Å². The van der Waals surface area contributed by atoms with E-state index in [-0.39, 0.29) is 19.3 Å². The van der Waals surface area contributed by atoms with Crippen LogP contribution in [0.25, 0.3) is 32.7 Å². The van der Waals surface area contributed by atoms with E-state index in [1.807, 2.05) is 73.0 Å². The highest BCUT2D eigenvalue weighted by atomic mass is 31.2. The molecule has 5 rings (SSSR count). The summed E-state index contributed by atoms with van der Waals surface area (Å²) in [6.07, 6.45) is 0.582. The second-order valence-corrected chi connectivity index (χ2v) is 13.8. The Morgan fingerprint density at radius 2 is 1.74 bits per heavy atom. The molecule has 3 aromatic carbocycles. The summed E-state index contributed by atoms with van der Waals surface area (Å²) in [5, 5.41) is 5.59. The van der Waals surface area contributed by atoms with Crippen molar-refractivity contribution in [3.05, 3.63) is 72.6 Å². The van der Waals surface area contributed by atoms with Crippen molar-refractivity contribution in [2.75, 3.05) is 18.9 Å². The first-order chi connectivity index (χ1) is 21.9. The van der Waals surface area contributed by atoms with Crippen LogP contribution in [0.1, 0.15) is 59.8 Å². The van der Waals surface area contributed by atoms with Gasteiger partial charge in [-0.15, -0.1) is 0 Å². The maximum Gasteiger partial charge on any atom is 0.459 e. The molecule has 3 N–H and O–H groups in total. The lowest BCUT2D eigenvalue weighted by molar-refractivity contribution is -0.156. The smallest absolute Gasteiger partial charge is 0.459 e. The van der Waals surface area contributed by atoms with Gasteiger partial charge in [0.25, 0.3) is 0 Å². The highest BCUT2D eigenvalue weighted by Crippen LogP contribution is 2.47. The summed E-state index contributed by atoms with van der Waals surface area (Å²) in [6.45, 7) is 11.5. The van der Waals surface area contributed by atoms with Gasteiger partial charge in [-0.1, -0.05) is 55.5 Å². The maximum absolute atomic E-state index is 14.5. The van der Waals surface area contributed by atoms with Crippen molar-refractivity contribution in [3.63, 3.8) is 0 Å². The average molecular weight is 648 g/mol. The Bertz CT molecular complexity index is 1900. The van der Waals surface area contributed by atoms with Gasteiger partial charge in [0.2, 0.25) is 0 Å². The van der Waals surface area contributed by atoms with Crippen LogP contribution in [0.15, 0.2) is 66.7 Å². The number of benzene rings is 3. The molecule has 11 nitrogen and oxygen atoms in total. The number of aromatic nitrogens is 3. The standard InChI is InChI=1S/C34H42N5O6P/c1-7-25(39-29(21-42-8-2)37-30-31(39)27-15-11-12-16-28(27)36-32(30)35)20-43-46(41,38-22(3)33(40)44-34(4,5)6)45-26-18-17-23-13-9-10-14-24(23)19-26/h9-19,22,25H,7-8,20-21H2,1-6H3,(H2,35,36)(H,38,41)/t22-,25-,46-/m0/s1. The second-order valence-electron chi connectivity index (χ2n) is 12.1. The Morgan fingerprint density at radius 3 is 2.46 bits per heavy atom. The zero-order valence-electron chi connectivity index (χ0n) is 27.1. The normalized spacial score (nSPS) is 14.7. The number of hydrogen-bond acceptors (Lipinski definition) is 9. The van der Waals surface area contributed by atoms with E-state index in [1.54, 1.807) is 39.8 Å². The first kappa shape index (κ1) is 33.3. The number of carbonyl (C=O) groups is 1. The predicted molar refractivity (Wildman–Crippen MR) is 181 cm³/mol. The van der Waals surface area contributed by atoms with Crippen LogP contribution < -0.4 is 15.3 Å². The van der Waals surface area contributed by atoms with E-state index in [1.165, 1.54) is 0 Å². The molecule has 0 aliphatic heterocycles. The van der Waals surface area contributed by atoms with E-state index in [2.05, 4.69) is 10.1 Å². The molecule has 0 saturated carbocycles. The van der Waals surface area contributed by atoms with Gasteiger partial charge in [0.1, 0.15) is 35.3 Å². The molecule has 5 aromatic rings. The van der Waals surface area contributed by atoms with Crippen molar-refractivity contribution >= 4 is 52.2 Å². The SMILES string of the molecule is CCOCc1nc2c(N)nc3ccccc3c2n1[C@@H](CC)CO[P@@](=O)(N[C@@H](C)C(=O)OC(C)(C)C)Oc1ccc2ccccc2c1. The number of esters is 1. The lowest BCUT2D eigenvalue weighted by Crippen LogP contribution is -2.39. The van der Waals surface area contributed by atoms with Gasteiger partial charge in [-0.25, -0.2) is 14.5 Å². The largest absolute Gasteiger partial charge is 0.459 e. The molecular weight excluding hydrogens is 605 g/mol. The Balaban J connectivity index is 1.52. The van der Waals surface area contributed by atoms with Crippen LogP contribution in [0.3, 0.4) is 0 Å². The Labute approximate surface area is 269 Å². The lowest BCUT2D eigenvalue weighted by Gasteiger charge is -2.28. The summed E-state index contributed by atoms with van der Waals surface area (Å²) in [6, 6.07) is 19.5. The van der Waals surface area contributed by atoms with Gasteiger partial charge in [0.15, 0.2) is 5.82 Å². The number of imidazole rings is 1.